The molecule has 66 valence electrons. The molecule has 0 bridgehead atoms. The van der Waals surface area contributed by atoms with E-state index in [9.17, 15) is 4.79 Å². The third kappa shape index (κ3) is 3.02. The van der Waals surface area contributed by atoms with Gasteiger partial charge in [0, 0.05) is 6.54 Å². The van der Waals surface area contributed by atoms with Crippen LogP contribution < -0.4 is 5.73 Å². The van der Waals surface area contributed by atoms with Crippen molar-refractivity contribution in [3.05, 3.63) is 22.4 Å². The first-order valence-corrected chi connectivity index (χ1v) is 4.60. The molecule has 0 aromatic carbocycles. The summed E-state index contributed by atoms with van der Waals surface area (Å²) >= 11 is 1.66. The third-order valence-corrected chi connectivity index (χ3v) is 2.19. The number of likely N-dealkylation sites (N-methyl/N-ethyl adjacent to an activating group) is 1. The normalized spacial score (nSPS) is 10.5. The number of nitrogens with zero attached hydrogens (tertiary/aromatic N) is 1. The standard InChI is InChI=1S/C8H12N2OS/c1-10(5-8(9)11)4-7-2-3-12-6-7/h2-3,6H,4-5H2,1H3,(H2,9,11). The molecule has 0 aliphatic heterocycles. The fourth-order valence-electron chi connectivity index (χ4n) is 1.02. The first kappa shape index (κ1) is 9.22. The number of primary amides is 1. The number of rotatable bonds is 4. The van der Waals surface area contributed by atoms with Crippen molar-refractivity contribution in [2.45, 2.75) is 6.54 Å². The van der Waals surface area contributed by atoms with E-state index in [1.807, 2.05) is 23.4 Å². The molecule has 0 atom stereocenters. The van der Waals surface area contributed by atoms with Crippen molar-refractivity contribution in [1.82, 2.24) is 4.90 Å². The minimum atomic E-state index is -0.285. The van der Waals surface area contributed by atoms with Crippen LogP contribution in [0, 0.1) is 0 Å². The zero-order chi connectivity index (χ0) is 8.97. The number of carbonyl (C=O) groups is 1. The van der Waals surface area contributed by atoms with Gasteiger partial charge in [0.1, 0.15) is 0 Å². The van der Waals surface area contributed by atoms with Crippen molar-refractivity contribution in [1.29, 1.82) is 0 Å². The second-order valence-corrected chi connectivity index (χ2v) is 3.55. The van der Waals surface area contributed by atoms with Gasteiger partial charge in [0.15, 0.2) is 0 Å². The molecule has 0 fully saturated rings. The topological polar surface area (TPSA) is 46.3 Å². The first-order chi connectivity index (χ1) is 5.68. The minimum Gasteiger partial charge on any atom is -0.369 e. The lowest BCUT2D eigenvalue weighted by atomic mass is 10.3. The second kappa shape index (κ2) is 4.23. The average Bonchev–Trinajstić information content (AvgIpc) is 2.37. The van der Waals surface area contributed by atoms with Crippen LogP contribution in [0.4, 0.5) is 0 Å². The summed E-state index contributed by atoms with van der Waals surface area (Å²) < 4.78 is 0. The summed E-state index contributed by atoms with van der Waals surface area (Å²) in [7, 11) is 1.88. The monoisotopic (exact) mass is 184 g/mol. The van der Waals surface area contributed by atoms with Crippen molar-refractivity contribution in [3.8, 4) is 0 Å². The molecule has 0 unspecified atom stereocenters. The Morgan fingerprint density at radius 3 is 3.00 bits per heavy atom. The number of carbonyl (C=O) groups excluding carboxylic acids is 1. The van der Waals surface area contributed by atoms with Gasteiger partial charge in [0.2, 0.25) is 5.91 Å². The predicted molar refractivity (Wildman–Crippen MR) is 49.8 cm³/mol. The predicted octanol–water partition coefficient (Wildman–Crippen LogP) is 0.665. The van der Waals surface area contributed by atoms with E-state index in [-0.39, 0.29) is 5.91 Å². The first-order valence-electron chi connectivity index (χ1n) is 3.66. The lowest BCUT2D eigenvalue weighted by molar-refractivity contribution is -0.118. The van der Waals surface area contributed by atoms with Gasteiger partial charge in [-0.3, -0.25) is 9.69 Å². The van der Waals surface area contributed by atoms with Crippen molar-refractivity contribution in [3.63, 3.8) is 0 Å². The molecule has 0 saturated heterocycles. The number of hydrogen-bond acceptors (Lipinski definition) is 3. The highest BCUT2D eigenvalue weighted by Gasteiger charge is 2.02. The van der Waals surface area contributed by atoms with Crippen LogP contribution in [0.15, 0.2) is 16.8 Å². The Morgan fingerprint density at radius 1 is 1.75 bits per heavy atom. The maximum Gasteiger partial charge on any atom is 0.231 e. The number of thiophene rings is 1. The van der Waals surface area contributed by atoms with Gasteiger partial charge in [-0.25, -0.2) is 0 Å². The molecular weight excluding hydrogens is 172 g/mol. The minimum absolute atomic E-state index is 0.285. The quantitative estimate of drug-likeness (QED) is 0.747. The summed E-state index contributed by atoms with van der Waals surface area (Å²) in [6.07, 6.45) is 0. The van der Waals surface area contributed by atoms with Crippen molar-refractivity contribution >= 4 is 17.2 Å². The highest BCUT2D eigenvalue weighted by Crippen LogP contribution is 2.07. The van der Waals surface area contributed by atoms with Gasteiger partial charge in [0.05, 0.1) is 6.54 Å². The Balaban J connectivity index is 2.36. The van der Waals surface area contributed by atoms with E-state index >= 15 is 0 Å². The summed E-state index contributed by atoms with van der Waals surface area (Å²) in [6.45, 7) is 1.10. The maximum atomic E-state index is 10.5. The molecule has 1 heterocycles. The van der Waals surface area contributed by atoms with Crippen LogP contribution in [0.2, 0.25) is 0 Å². The molecule has 0 aliphatic rings. The Hall–Kier alpha value is -0.870. The highest BCUT2D eigenvalue weighted by atomic mass is 32.1. The van der Waals surface area contributed by atoms with Gasteiger partial charge in [-0.1, -0.05) is 0 Å². The van der Waals surface area contributed by atoms with E-state index < -0.39 is 0 Å². The molecule has 12 heavy (non-hydrogen) atoms. The zero-order valence-corrected chi connectivity index (χ0v) is 7.80. The fraction of sp³-hybridized carbons (Fsp3) is 0.375. The van der Waals surface area contributed by atoms with E-state index in [2.05, 4.69) is 5.38 Å². The summed E-state index contributed by atoms with van der Waals surface area (Å²) in [6, 6.07) is 2.04. The van der Waals surface area contributed by atoms with Gasteiger partial charge in [-0.2, -0.15) is 11.3 Å². The lowest BCUT2D eigenvalue weighted by Crippen LogP contribution is -2.30. The highest BCUT2D eigenvalue weighted by molar-refractivity contribution is 7.07. The van der Waals surface area contributed by atoms with Crippen LogP contribution >= 0.6 is 11.3 Å². The van der Waals surface area contributed by atoms with Crippen molar-refractivity contribution < 1.29 is 4.79 Å². The summed E-state index contributed by atoms with van der Waals surface area (Å²) in [5.41, 5.74) is 6.27. The second-order valence-electron chi connectivity index (χ2n) is 2.77. The molecule has 0 radical (unpaired) electrons. The Bertz CT molecular complexity index is 246. The Morgan fingerprint density at radius 2 is 2.50 bits per heavy atom. The Labute approximate surface area is 75.8 Å². The summed E-state index contributed by atoms with van der Waals surface area (Å²) in [5, 5.41) is 4.09. The molecule has 1 aromatic heterocycles. The number of amides is 1. The fourth-order valence-corrected chi connectivity index (χ4v) is 1.68. The third-order valence-electron chi connectivity index (χ3n) is 1.46. The largest absolute Gasteiger partial charge is 0.369 e. The van der Waals surface area contributed by atoms with Crippen LogP contribution in [-0.2, 0) is 11.3 Å². The van der Waals surface area contributed by atoms with E-state index in [1.165, 1.54) is 5.56 Å². The number of nitrogens with two attached hydrogens (primary N) is 1. The van der Waals surface area contributed by atoms with E-state index in [0.29, 0.717) is 6.54 Å². The van der Waals surface area contributed by atoms with E-state index in [0.717, 1.165) is 6.54 Å². The van der Waals surface area contributed by atoms with Gasteiger partial charge < -0.3 is 5.73 Å². The SMILES string of the molecule is CN(CC(N)=O)Cc1ccsc1. The van der Waals surface area contributed by atoms with E-state index in [1.54, 1.807) is 11.3 Å². The van der Waals surface area contributed by atoms with Gasteiger partial charge >= 0.3 is 0 Å². The maximum absolute atomic E-state index is 10.5. The molecule has 1 rings (SSSR count). The molecule has 1 amide bonds. The van der Waals surface area contributed by atoms with Gasteiger partial charge in [-0.15, -0.1) is 0 Å². The number of hydrogen-bond donors (Lipinski definition) is 1. The van der Waals surface area contributed by atoms with Gasteiger partial charge in [-0.05, 0) is 29.4 Å². The van der Waals surface area contributed by atoms with Crippen LogP contribution in [-0.4, -0.2) is 24.4 Å². The molecule has 4 heteroatoms. The molecule has 0 aliphatic carbocycles. The molecule has 0 saturated carbocycles. The van der Waals surface area contributed by atoms with Gasteiger partial charge in [0.25, 0.3) is 0 Å². The molecule has 3 nitrogen and oxygen atoms in total. The molecule has 0 spiro atoms. The molecular formula is C8H12N2OS. The average molecular weight is 184 g/mol. The van der Waals surface area contributed by atoms with Crippen molar-refractivity contribution in [2.75, 3.05) is 13.6 Å². The van der Waals surface area contributed by atoms with Crippen LogP contribution in [0.1, 0.15) is 5.56 Å². The van der Waals surface area contributed by atoms with Crippen LogP contribution in [0.5, 0.6) is 0 Å². The molecule has 1 aromatic rings. The Kier molecular flexibility index (Phi) is 3.25. The zero-order valence-electron chi connectivity index (χ0n) is 6.99. The lowest BCUT2D eigenvalue weighted by Gasteiger charge is -2.12. The van der Waals surface area contributed by atoms with Crippen LogP contribution in [0.3, 0.4) is 0 Å². The van der Waals surface area contributed by atoms with E-state index in [4.69, 9.17) is 5.73 Å². The summed E-state index contributed by atoms with van der Waals surface area (Å²) in [5.74, 6) is -0.285. The smallest absolute Gasteiger partial charge is 0.231 e. The summed E-state index contributed by atoms with van der Waals surface area (Å²) in [4.78, 5) is 12.4. The van der Waals surface area contributed by atoms with Crippen molar-refractivity contribution in [2.24, 2.45) is 5.73 Å². The molecule has 2 N–H and O–H groups in total. The van der Waals surface area contributed by atoms with Crippen LogP contribution in [0.25, 0.3) is 0 Å².